The molecular formula is C16H12ClN3O2S. The zero-order valence-corrected chi connectivity index (χ0v) is 13.7. The number of nitrogens with one attached hydrogen (secondary N) is 1. The second kappa shape index (κ2) is 6.76. The minimum Gasteiger partial charge on any atom is -0.495 e. The molecule has 0 aliphatic carbocycles. The van der Waals surface area contributed by atoms with Gasteiger partial charge in [-0.05, 0) is 35.8 Å². The van der Waals surface area contributed by atoms with Crippen LogP contribution in [-0.2, 0) is 0 Å². The quantitative estimate of drug-likeness (QED) is 0.772. The number of para-hydroxylation sites is 2. The Balaban J connectivity index is 1.89. The molecule has 1 aromatic heterocycles. The van der Waals surface area contributed by atoms with Gasteiger partial charge in [0.25, 0.3) is 5.91 Å². The number of ether oxygens (including phenoxy) is 1. The number of methoxy groups -OCH3 is 1. The Morgan fingerprint density at radius 1 is 1.17 bits per heavy atom. The lowest BCUT2D eigenvalue weighted by atomic mass is 10.1. The second-order valence-corrected chi connectivity index (χ2v) is 5.80. The van der Waals surface area contributed by atoms with Gasteiger partial charge in [-0.2, -0.15) is 0 Å². The Kier molecular flexibility index (Phi) is 4.55. The zero-order valence-electron chi connectivity index (χ0n) is 12.1. The fourth-order valence-corrected chi connectivity index (χ4v) is 2.77. The molecule has 0 saturated heterocycles. The van der Waals surface area contributed by atoms with Gasteiger partial charge in [-0.1, -0.05) is 40.4 Å². The van der Waals surface area contributed by atoms with Gasteiger partial charge in [0.1, 0.15) is 16.3 Å². The summed E-state index contributed by atoms with van der Waals surface area (Å²) in [5, 5.41) is 7.50. The summed E-state index contributed by atoms with van der Waals surface area (Å²) in [5.74, 6) is 0.306. The van der Waals surface area contributed by atoms with Gasteiger partial charge in [0.15, 0.2) is 0 Å². The minimum absolute atomic E-state index is 0.283. The fourth-order valence-electron chi connectivity index (χ4n) is 2.06. The lowest BCUT2D eigenvalue weighted by Crippen LogP contribution is -2.12. The molecule has 116 valence electrons. The van der Waals surface area contributed by atoms with Crippen LogP contribution in [0.2, 0.25) is 5.02 Å². The Morgan fingerprint density at radius 2 is 1.91 bits per heavy atom. The second-order valence-electron chi connectivity index (χ2n) is 4.61. The van der Waals surface area contributed by atoms with E-state index >= 15 is 0 Å². The zero-order chi connectivity index (χ0) is 16.2. The number of halogens is 1. The largest absolute Gasteiger partial charge is 0.495 e. The van der Waals surface area contributed by atoms with Crippen LogP contribution in [0.25, 0.3) is 11.3 Å². The molecule has 0 spiro atoms. The molecular weight excluding hydrogens is 334 g/mol. The van der Waals surface area contributed by atoms with Crippen LogP contribution in [0.5, 0.6) is 5.75 Å². The highest BCUT2D eigenvalue weighted by Gasteiger charge is 2.19. The molecule has 1 N–H and O–H groups in total. The van der Waals surface area contributed by atoms with Crippen molar-refractivity contribution in [2.45, 2.75) is 0 Å². The van der Waals surface area contributed by atoms with E-state index in [0.29, 0.717) is 27.0 Å². The van der Waals surface area contributed by atoms with E-state index in [0.717, 1.165) is 17.1 Å². The van der Waals surface area contributed by atoms with Gasteiger partial charge in [0, 0.05) is 10.6 Å². The number of aromatic nitrogens is 2. The maximum atomic E-state index is 12.5. The van der Waals surface area contributed by atoms with Gasteiger partial charge < -0.3 is 10.1 Å². The average molecular weight is 346 g/mol. The maximum Gasteiger partial charge on any atom is 0.269 e. The van der Waals surface area contributed by atoms with Crippen LogP contribution in [0.1, 0.15) is 9.67 Å². The molecule has 1 heterocycles. The molecule has 0 bridgehead atoms. The molecule has 0 unspecified atom stereocenters. The van der Waals surface area contributed by atoms with E-state index in [9.17, 15) is 4.79 Å². The monoisotopic (exact) mass is 345 g/mol. The summed E-state index contributed by atoms with van der Waals surface area (Å²) in [6.45, 7) is 0. The number of nitrogens with zero attached hydrogens (tertiary/aromatic N) is 2. The normalized spacial score (nSPS) is 10.3. The lowest BCUT2D eigenvalue weighted by Gasteiger charge is -2.09. The summed E-state index contributed by atoms with van der Waals surface area (Å²) in [5.41, 5.74) is 1.91. The van der Waals surface area contributed by atoms with E-state index in [1.807, 2.05) is 12.1 Å². The standard InChI is InChI=1S/C16H12ClN3O2S/c1-22-13-5-3-2-4-12(13)18-16(21)15-14(19-20-23-15)10-6-8-11(17)9-7-10/h2-9H,1H3,(H,18,21). The van der Waals surface area contributed by atoms with E-state index in [1.165, 1.54) is 0 Å². The number of carbonyl (C=O) groups excluding carboxylic acids is 1. The van der Waals surface area contributed by atoms with Crippen LogP contribution in [0.4, 0.5) is 5.69 Å². The lowest BCUT2D eigenvalue weighted by molar-refractivity contribution is 0.103. The van der Waals surface area contributed by atoms with Crippen molar-refractivity contribution in [3.05, 3.63) is 58.4 Å². The third kappa shape index (κ3) is 3.33. The van der Waals surface area contributed by atoms with Crippen LogP contribution in [-0.4, -0.2) is 22.6 Å². The number of amides is 1. The van der Waals surface area contributed by atoms with Crippen LogP contribution >= 0.6 is 23.1 Å². The molecule has 2 aromatic carbocycles. The molecule has 3 rings (SSSR count). The third-order valence-electron chi connectivity index (χ3n) is 3.17. The Bertz CT molecular complexity index is 833. The van der Waals surface area contributed by atoms with Crippen molar-refractivity contribution in [2.75, 3.05) is 12.4 Å². The van der Waals surface area contributed by atoms with Gasteiger partial charge in [-0.25, -0.2) is 0 Å². The molecule has 0 radical (unpaired) electrons. The Labute approximate surface area is 142 Å². The first-order chi connectivity index (χ1) is 11.2. The molecule has 0 atom stereocenters. The highest BCUT2D eigenvalue weighted by molar-refractivity contribution is 7.08. The van der Waals surface area contributed by atoms with Crippen molar-refractivity contribution in [3.8, 4) is 17.0 Å². The Morgan fingerprint density at radius 3 is 2.65 bits per heavy atom. The van der Waals surface area contributed by atoms with E-state index in [4.69, 9.17) is 16.3 Å². The summed E-state index contributed by atoms with van der Waals surface area (Å²) in [4.78, 5) is 13.0. The van der Waals surface area contributed by atoms with Crippen molar-refractivity contribution >= 4 is 34.7 Å². The van der Waals surface area contributed by atoms with E-state index in [2.05, 4.69) is 14.9 Å². The molecule has 0 aliphatic rings. The number of hydrogen-bond acceptors (Lipinski definition) is 5. The molecule has 7 heteroatoms. The van der Waals surface area contributed by atoms with Gasteiger partial charge in [0.05, 0.1) is 12.8 Å². The smallest absolute Gasteiger partial charge is 0.269 e. The number of anilines is 1. The van der Waals surface area contributed by atoms with Crippen LogP contribution in [0, 0.1) is 0 Å². The van der Waals surface area contributed by atoms with Crippen molar-refractivity contribution in [2.24, 2.45) is 0 Å². The SMILES string of the molecule is COc1ccccc1NC(=O)c1snnc1-c1ccc(Cl)cc1. The topological polar surface area (TPSA) is 64.1 Å². The predicted molar refractivity (Wildman–Crippen MR) is 91.3 cm³/mol. The highest BCUT2D eigenvalue weighted by atomic mass is 35.5. The number of carbonyl (C=O) groups is 1. The van der Waals surface area contributed by atoms with Gasteiger partial charge >= 0.3 is 0 Å². The van der Waals surface area contributed by atoms with E-state index in [1.54, 1.807) is 43.5 Å². The molecule has 0 aliphatic heterocycles. The maximum absolute atomic E-state index is 12.5. The first-order valence-electron chi connectivity index (χ1n) is 6.71. The van der Waals surface area contributed by atoms with Gasteiger partial charge in [-0.15, -0.1) is 5.10 Å². The van der Waals surface area contributed by atoms with Gasteiger partial charge in [0.2, 0.25) is 0 Å². The molecule has 3 aromatic rings. The molecule has 23 heavy (non-hydrogen) atoms. The van der Waals surface area contributed by atoms with Crippen molar-refractivity contribution in [1.82, 2.24) is 9.59 Å². The molecule has 0 fully saturated rings. The predicted octanol–water partition coefficient (Wildman–Crippen LogP) is 4.12. The summed E-state index contributed by atoms with van der Waals surface area (Å²) in [7, 11) is 1.55. The summed E-state index contributed by atoms with van der Waals surface area (Å²) in [6, 6.07) is 14.3. The van der Waals surface area contributed by atoms with Crippen molar-refractivity contribution < 1.29 is 9.53 Å². The molecule has 1 amide bonds. The summed E-state index contributed by atoms with van der Waals surface area (Å²) >= 11 is 6.93. The Hall–Kier alpha value is -2.44. The van der Waals surface area contributed by atoms with E-state index < -0.39 is 0 Å². The highest BCUT2D eigenvalue weighted by Crippen LogP contribution is 2.28. The first-order valence-corrected chi connectivity index (χ1v) is 7.87. The number of hydrogen-bond donors (Lipinski definition) is 1. The third-order valence-corrected chi connectivity index (χ3v) is 4.14. The van der Waals surface area contributed by atoms with Crippen LogP contribution in [0.15, 0.2) is 48.5 Å². The average Bonchev–Trinajstić information content (AvgIpc) is 3.06. The van der Waals surface area contributed by atoms with Crippen molar-refractivity contribution in [1.29, 1.82) is 0 Å². The first kappa shape index (κ1) is 15.5. The van der Waals surface area contributed by atoms with E-state index in [-0.39, 0.29) is 5.91 Å². The molecule has 5 nitrogen and oxygen atoms in total. The minimum atomic E-state index is -0.283. The molecule has 0 saturated carbocycles. The summed E-state index contributed by atoms with van der Waals surface area (Å²) < 4.78 is 9.13. The number of rotatable bonds is 4. The van der Waals surface area contributed by atoms with Crippen LogP contribution in [0.3, 0.4) is 0 Å². The summed E-state index contributed by atoms with van der Waals surface area (Å²) in [6.07, 6.45) is 0. The van der Waals surface area contributed by atoms with Crippen molar-refractivity contribution in [3.63, 3.8) is 0 Å². The fraction of sp³-hybridized carbons (Fsp3) is 0.0625. The van der Waals surface area contributed by atoms with Crippen LogP contribution < -0.4 is 10.1 Å². The number of benzene rings is 2. The van der Waals surface area contributed by atoms with Gasteiger partial charge in [-0.3, -0.25) is 4.79 Å².